The van der Waals surface area contributed by atoms with E-state index in [0.29, 0.717) is 6.54 Å². The minimum Gasteiger partial charge on any atom is -0.442 e. The Hall–Kier alpha value is -2.61. The van der Waals surface area contributed by atoms with Gasteiger partial charge in [0.15, 0.2) is 0 Å². The summed E-state index contributed by atoms with van der Waals surface area (Å²) in [5.41, 5.74) is 0.794. The Morgan fingerprint density at radius 1 is 1.29 bits per heavy atom. The molecule has 8 heteroatoms. The molecule has 1 aromatic carbocycles. The highest BCUT2D eigenvalue weighted by Gasteiger charge is 2.32. The number of hydrogen-bond acceptors (Lipinski definition) is 4. The van der Waals surface area contributed by atoms with E-state index in [1.807, 2.05) is 17.5 Å². The predicted octanol–water partition coefficient (Wildman–Crippen LogP) is 2.71. The second kappa shape index (κ2) is 7.31. The molecule has 6 nitrogen and oxygen atoms in total. The first-order valence-corrected chi connectivity index (χ1v) is 8.27. The third kappa shape index (κ3) is 4.02. The highest BCUT2D eigenvalue weighted by atomic mass is 32.1. The van der Waals surface area contributed by atoms with Crippen molar-refractivity contribution >= 4 is 28.5 Å². The Morgan fingerprint density at radius 2 is 2.08 bits per heavy atom. The number of thiophene rings is 1. The topological polar surface area (TPSA) is 70.7 Å². The van der Waals surface area contributed by atoms with Crippen molar-refractivity contribution in [2.45, 2.75) is 12.6 Å². The van der Waals surface area contributed by atoms with Crippen LogP contribution in [0.25, 0.3) is 0 Å². The molecule has 3 amide bonds. The van der Waals surface area contributed by atoms with Gasteiger partial charge in [-0.05, 0) is 35.2 Å². The van der Waals surface area contributed by atoms with E-state index < -0.39 is 12.2 Å². The van der Waals surface area contributed by atoms with E-state index >= 15 is 0 Å². The van der Waals surface area contributed by atoms with Crippen molar-refractivity contribution in [1.29, 1.82) is 0 Å². The Kier molecular flexibility index (Phi) is 4.95. The summed E-state index contributed by atoms with van der Waals surface area (Å²) in [6.07, 6.45) is -0.799. The van der Waals surface area contributed by atoms with Crippen LogP contribution in [0.1, 0.15) is 5.56 Å². The Labute approximate surface area is 142 Å². The summed E-state index contributed by atoms with van der Waals surface area (Å²) in [6, 6.07) is 9.22. The van der Waals surface area contributed by atoms with E-state index in [4.69, 9.17) is 4.74 Å². The molecule has 2 N–H and O–H groups in total. The molecule has 1 atom stereocenters. The Morgan fingerprint density at radius 3 is 2.79 bits per heavy atom. The molecule has 3 rings (SSSR count). The van der Waals surface area contributed by atoms with E-state index in [9.17, 15) is 14.0 Å². The number of anilines is 1. The fourth-order valence-corrected chi connectivity index (χ4v) is 3.01. The van der Waals surface area contributed by atoms with Crippen LogP contribution in [0.3, 0.4) is 0 Å². The van der Waals surface area contributed by atoms with Crippen molar-refractivity contribution in [1.82, 2.24) is 10.6 Å². The number of nitrogens with zero attached hydrogens (tertiary/aromatic N) is 1. The number of halogens is 1. The van der Waals surface area contributed by atoms with E-state index in [1.54, 1.807) is 17.0 Å². The van der Waals surface area contributed by atoms with Gasteiger partial charge in [0, 0.05) is 6.54 Å². The molecule has 0 saturated carbocycles. The van der Waals surface area contributed by atoms with Crippen molar-refractivity contribution in [2.24, 2.45) is 0 Å². The normalized spacial score (nSPS) is 16.8. The van der Waals surface area contributed by atoms with Crippen LogP contribution in [0.5, 0.6) is 0 Å². The van der Waals surface area contributed by atoms with Crippen molar-refractivity contribution in [3.8, 4) is 0 Å². The zero-order valence-corrected chi connectivity index (χ0v) is 13.5. The number of nitrogens with one attached hydrogen (secondary N) is 2. The third-order valence-electron chi connectivity index (χ3n) is 3.50. The van der Waals surface area contributed by atoms with Gasteiger partial charge in [-0.15, -0.1) is 11.3 Å². The predicted molar refractivity (Wildman–Crippen MR) is 88.6 cm³/mol. The molecule has 1 aliphatic heterocycles. The molecule has 2 heterocycles. The number of ether oxygens (including phenoxy) is 1. The summed E-state index contributed by atoms with van der Waals surface area (Å²) in [7, 11) is 0. The van der Waals surface area contributed by atoms with Gasteiger partial charge in [0.05, 0.1) is 13.1 Å². The van der Waals surface area contributed by atoms with Gasteiger partial charge < -0.3 is 15.4 Å². The van der Waals surface area contributed by atoms with Crippen molar-refractivity contribution in [3.63, 3.8) is 0 Å². The van der Waals surface area contributed by atoms with Crippen LogP contribution in [0.4, 0.5) is 19.0 Å². The lowest BCUT2D eigenvalue weighted by atomic mass is 10.2. The van der Waals surface area contributed by atoms with Gasteiger partial charge in [0.2, 0.25) is 0 Å². The summed E-state index contributed by atoms with van der Waals surface area (Å²) in [5.74, 6) is -0.318. The van der Waals surface area contributed by atoms with Gasteiger partial charge in [-0.2, -0.15) is 0 Å². The summed E-state index contributed by atoms with van der Waals surface area (Å²) in [6.45, 7) is 0.915. The SMILES string of the molecule is O=C(NCc1ccc(F)cc1)NCC1CN(c2cccs2)C(=O)O1. The van der Waals surface area contributed by atoms with Gasteiger partial charge in [-0.3, -0.25) is 4.90 Å². The molecule has 1 aliphatic rings. The van der Waals surface area contributed by atoms with E-state index in [1.165, 1.54) is 23.5 Å². The molecule has 0 bridgehead atoms. The summed E-state index contributed by atoms with van der Waals surface area (Å²) in [4.78, 5) is 25.1. The molecule has 24 heavy (non-hydrogen) atoms. The van der Waals surface area contributed by atoms with Gasteiger partial charge in [-0.25, -0.2) is 14.0 Å². The molecule has 126 valence electrons. The molecule has 1 aromatic heterocycles. The van der Waals surface area contributed by atoms with Gasteiger partial charge >= 0.3 is 12.1 Å². The maximum atomic E-state index is 12.8. The maximum absolute atomic E-state index is 12.8. The van der Waals surface area contributed by atoms with Gasteiger partial charge in [0.25, 0.3) is 0 Å². The minimum absolute atomic E-state index is 0.225. The lowest BCUT2D eigenvalue weighted by Crippen LogP contribution is -2.40. The fourth-order valence-electron chi connectivity index (χ4n) is 2.28. The van der Waals surface area contributed by atoms with Crippen LogP contribution in [0.15, 0.2) is 41.8 Å². The zero-order valence-electron chi connectivity index (χ0n) is 12.7. The molecule has 0 spiro atoms. The lowest BCUT2D eigenvalue weighted by molar-refractivity contribution is 0.140. The van der Waals surface area contributed by atoms with Crippen LogP contribution in [0.2, 0.25) is 0 Å². The molecule has 2 aromatic rings. The number of hydrogen-bond donors (Lipinski definition) is 2. The average molecular weight is 349 g/mol. The van der Waals surface area contributed by atoms with Gasteiger partial charge in [-0.1, -0.05) is 12.1 Å². The first-order valence-electron chi connectivity index (χ1n) is 7.39. The van der Waals surface area contributed by atoms with Crippen LogP contribution >= 0.6 is 11.3 Å². The van der Waals surface area contributed by atoms with Crippen LogP contribution < -0.4 is 15.5 Å². The summed E-state index contributed by atoms with van der Waals surface area (Å²) in [5, 5.41) is 8.04. The smallest absolute Gasteiger partial charge is 0.415 e. The molecule has 1 fully saturated rings. The number of rotatable bonds is 5. The number of carbonyl (C=O) groups is 2. The molecular formula is C16H16FN3O3S. The number of amides is 3. The Balaban J connectivity index is 1.42. The van der Waals surface area contributed by atoms with Crippen molar-refractivity contribution in [3.05, 3.63) is 53.2 Å². The van der Waals surface area contributed by atoms with Gasteiger partial charge in [0.1, 0.15) is 16.9 Å². The maximum Gasteiger partial charge on any atom is 0.415 e. The largest absolute Gasteiger partial charge is 0.442 e. The molecule has 0 radical (unpaired) electrons. The summed E-state index contributed by atoms with van der Waals surface area (Å²) >= 11 is 1.46. The zero-order chi connectivity index (χ0) is 16.9. The highest BCUT2D eigenvalue weighted by molar-refractivity contribution is 7.14. The van der Waals surface area contributed by atoms with E-state index in [-0.39, 0.29) is 24.9 Å². The van der Waals surface area contributed by atoms with Crippen LogP contribution in [0, 0.1) is 5.82 Å². The standard InChI is InChI=1S/C16H16FN3O3S/c17-12-5-3-11(4-6-12)8-18-15(21)19-9-13-10-20(16(22)23-13)14-2-1-7-24-14/h1-7,13H,8-10H2,(H2,18,19,21). The fraction of sp³-hybridized carbons (Fsp3) is 0.250. The number of urea groups is 1. The lowest BCUT2D eigenvalue weighted by Gasteiger charge is -2.11. The minimum atomic E-state index is -0.407. The quantitative estimate of drug-likeness (QED) is 0.872. The second-order valence-corrected chi connectivity index (χ2v) is 6.18. The third-order valence-corrected chi connectivity index (χ3v) is 4.39. The molecular weight excluding hydrogens is 333 g/mol. The van der Waals surface area contributed by atoms with Crippen molar-refractivity contribution < 1.29 is 18.7 Å². The second-order valence-electron chi connectivity index (χ2n) is 5.26. The van der Waals surface area contributed by atoms with Crippen LogP contribution in [-0.2, 0) is 11.3 Å². The molecule has 1 saturated heterocycles. The summed E-state index contributed by atoms with van der Waals surface area (Å²) < 4.78 is 18.0. The van der Waals surface area contributed by atoms with E-state index in [2.05, 4.69) is 10.6 Å². The average Bonchev–Trinajstić information content (AvgIpc) is 3.21. The monoisotopic (exact) mass is 349 g/mol. The number of benzene rings is 1. The Bertz CT molecular complexity index is 706. The van der Waals surface area contributed by atoms with Crippen molar-refractivity contribution in [2.75, 3.05) is 18.0 Å². The molecule has 0 aliphatic carbocycles. The highest BCUT2D eigenvalue weighted by Crippen LogP contribution is 2.25. The van der Waals surface area contributed by atoms with Crippen LogP contribution in [-0.4, -0.2) is 31.3 Å². The van der Waals surface area contributed by atoms with E-state index in [0.717, 1.165) is 10.6 Å². The number of carbonyl (C=O) groups excluding carboxylic acids is 2. The molecule has 1 unspecified atom stereocenters. The number of cyclic esters (lactones) is 1. The first-order chi connectivity index (χ1) is 11.6. The first kappa shape index (κ1) is 16.3.